The number of pyridine rings is 1. The smallest absolute Gasteiger partial charge is 0.242 e. The van der Waals surface area contributed by atoms with Crippen molar-refractivity contribution in [2.24, 2.45) is 7.05 Å². The summed E-state index contributed by atoms with van der Waals surface area (Å²) in [6, 6.07) is 2.88. The Morgan fingerprint density at radius 2 is 2.05 bits per heavy atom. The average Bonchev–Trinajstić information content (AvgIpc) is 2.62. The van der Waals surface area contributed by atoms with Crippen LogP contribution in [-0.4, -0.2) is 23.2 Å². The van der Waals surface area contributed by atoms with E-state index in [0.29, 0.717) is 0 Å². The van der Waals surface area contributed by atoms with Gasteiger partial charge in [-0.05, 0) is 26.0 Å². The molecule has 2 aromatic rings. The van der Waals surface area contributed by atoms with Crippen molar-refractivity contribution in [3.8, 4) is 0 Å². The third-order valence-electron chi connectivity index (χ3n) is 3.17. The molecule has 0 aliphatic carbocycles. The summed E-state index contributed by atoms with van der Waals surface area (Å²) in [5.74, 6) is 0.280. The molecule has 2 rings (SSSR count). The van der Waals surface area contributed by atoms with E-state index in [1.807, 2.05) is 20.9 Å². The molecule has 8 heteroatoms. The maximum atomic E-state index is 12.1. The molecule has 0 aliphatic rings. The molecule has 0 atom stereocenters. The summed E-state index contributed by atoms with van der Waals surface area (Å²) in [5, 5.41) is 4.25. The molecule has 2 aromatic heterocycles. The van der Waals surface area contributed by atoms with E-state index in [4.69, 9.17) is 5.73 Å². The predicted octanol–water partition coefficient (Wildman–Crippen LogP) is 0.493. The summed E-state index contributed by atoms with van der Waals surface area (Å²) >= 11 is 0. The van der Waals surface area contributed by atoms with E-state index in [2.05, 4.69) is 14.8 Å². The first-order valence-electron chi connectivity index (χ1n) is 6.01. The quantitative estimate of drug-likeness (QED) is 0.854. The van der Waals surface area contributed by atoms with Crippen LogP contribution in [0.15, 0.2) is 23.2 Å². The largest absolute Gasteiger partial charge is 0.384 e. The van der Waals surface area contributed by atoms with Gasteiger partial charge in [0.05, 0.1) is 5.69 Å². The fourth-order valence-electron chi connectivity index (χ4n) is 1.87. The Kier molecular flexibility index (Phi) is 3.78. The lowest BCUT2D eigenvalue weighted by atomic mass is 10.2. The SMILES string of the molecule is Cc1nn(C)c(C)c1CNS(=O)(=O)c1ccc(N)nc1. The molecule has 7 nitrogen and oxygen atoms in total. The highest BCUT2D eigenvalue weighted by atomic mass is 32.2. The number of hydrogen-bond donors (Lipinski definition) is 2. The molecule has 0 fully saturated rings. The van der Waals surface area contributed by atoms with E-state index in [0.717, 1.165) is 17.0 Å². The molecule has 0 aromatic carbocycles. The third-order valence-corrected chi connectivity index (χ3v) is 4.55. The van der Waals surface area contributed by atoms with Gasteiger partial charge in [-0.25, -0.2) is 18.1 Å². The van der Waals surface area contributed by atoms with Crippen LogP contribution in [0.25, 0.3) is 0 Å². The van der Waals surface area contributed by atoms with Crippen LogP contribution in [0, 0.1) is 13.8 Å². The van der Waals surface area contributed by atoms with Crippen molar-refractivity contribution >= 4 is 15.8 Å². The molecule has 0 saturated heterocycles. The Labute approximate surface area is 117 Å². The Hall–Kier alpha value is -1.93. The van der Waals surface area contributed by atoms with Crippen LogP contribution in [0.5, 0.6) is 0 Å². The lowest BCUT2D eigenvalue weighted by molar-refractivity contribution is 0.580. The number of nitrogen functional groups attached to an aromatic ring is 1. The van der Waals surface area contributed by atoms with Crippen molar-refractivity contribution in [1.29, 1.82) is 0 Å². The first kappa shape index (κ1) is 14.5. The standard InChI is InChI=1S/C12H17N5O2S/c1-8-11(9(2)17(3)16-8)7-15-20(18,19)10-4-5-12(13)14-6-10/h4-6,15H,7H2,1-3H3,(H2,13,14). The van der Waals surface area contributed by atoms with Crippen molar-refractivity contribution < 1.29 is 8.42 Å². The average molecular weight is 295 g/mol. The van der Waals surface area contributed by atoms with Crippen molar-refractivity contribution in [3.63, 3.8) is 0 Å². The fraction of sp³-hybridized carbons (Fsp3) is 0.333. The Morgan fingerprint density at radius 3 is 2.55 bits per heavy atom. The van der Waals surface area contributed by atoms with Crippen molar-refractivity contribution in [2.75, 3.05) is 5.73 Å². The number of nitrogens with two attached hydrogens (primary N) is 1. The summed E-state index contributed by atoms with van der Waals surface area (Å²) in [5.41, 5.74) is 8.05. The molecule has 0 unspecified atom stereocenters. The molecular formula is C12H17N5O2S. The predicted molar refractivity (Wildman–Crippen MR) is 75.4 cm³/mol. The number of nitrogens with zero attached hydrogens (tertiary/aromatic N) is 3. The highest BCUT2D eigenvalue weighted by Crippen LogP contribution is 2.14. The number of hydrogen-bond acceptors (Lipinski definition) is 5. The molecule has 0 amide bonds. The van der Waals surface area contributed by atoms with Gasteiger partial charge in [-0.1, -0.05) is 0 Å². The van der Waals surface area contributed by atoms with E-state index in [9.17, 15) is 8.42 Å². The van der Waals surface area contributed by atoms with Gasteiger partial charge in [-0.2, -0.15) is 5.10 Å². The molecule has 2 heterocycles. The molecule has 0 saturated carbocycles. The number of nitrogens with one attached hydrogen (secondary N) is 1. The topological polar surface area (TPSA) is 103 Å². The first-order valence-corrected chi connectivity index (χ1v) is 7.50. The van der Waals surface area contributed by atoms with Crippen LogP contribution in [0.4, 0.5) is 5.82 Å². The normalized spacial score (nSPS) is 11.8. The van der Waals surface area contributed by atoms with Crippen molar-refractivity contribution in [3.05, 3.63) is 35.3 Å². The second-order valence-electron chi connectivity index (χ2n) is 4.52. The van der Waals surface area contributed by atoms with Gasteiger partial charge in [-0.15, -0.1) is 0 Å². The summed E-state index contributed by atoms with van der Waals surface area (Å²) in [7, 11) is -1.78. The first-order chi connectivity index (χ1) is 9.31. The van der Waals surface area contributed by atoms with Gasteiger partial charge in [0.2, 0.25) is 10.0 Å². The van der Waals surface area contributed by atoms with Gasteiger partial charge in [0, 0.05) is 31.0 Å². The molecule has 0 bridgehead atoms. The lowest BCUT2D eigenvalue weighted by Crippen LogP contribution is -2.24. The van der Waals surface area contributed by atoms with Crippen LogP contribution in [0.2, 0.25) is 0 Å². The minimum atomic E-state index is -3.60. The molecule has 0 radical (unpaired) electrons. The number of rotatable bonds is 4. The molecule has 3 N–H and O–H groups in total. The van der Waals surface area contributed by atoms with Gasteiger partial charge in [-0.3, -0.25) is 4.68 Å². The summed E-state index contributed by atoms with van der Waals surface area (Å²) in [4.78, 5) is 3.87. The zero-order chi connectivity index (χ0) is 14.9. The minimum absolute atomic E-state index is 0.0888. The summed E-state index contributed by atoms with van der Waals surface area (Å²) < 4.78 is 28.5. The molecule has 0 aliphatic heterocycles. The molecule has 0 spiro atoms. The highest BCUT2D eigenvalue weighted by Gasteiger charge is 2.17. The maximum Gasteiger partial charge on any atom is 0.242 e. The monoisotopic (exact) mass is 295 g/mol. The number of sulfonamides is 1. The fourth-order valence-corrected chi connectivity index (χ4v) is 2.81. The van der Waals surface area contributed by atoms with Gasteiger partial charge in [0.15, 0.2) is 0 Å². The Morgan fingerprint density at radius 1 is 1.35 bits per heavy atom. The molecule has 108 valence electrons. The second kappa shape index (κ2) is 5.22. The number of aryl methyl sites for hydroxylation is 2. The third kappa shape index (κ3) is 2.81. The summed E-state index contributed by atoms with van der Waals surface area (Å²) in [6.45, 7) is 3.94. The zero-order valence-electron chi connectivity index (χ0n) is 11.6. The lowest BCUT2D eigenvalue weighted by Gasteiger charge is -2.07. The van der Waals surface area contributed by atoms with E-state index in [1.54, 1.807) is 4.68 Å². The van der Waals surface area contributed by atoms with Crippen molar-refractivity contribution in [2.45, 2.75) is 25.3 Å². The van der Waals surface area contributed by atoms with Gasteiger partial charge >= 0.3 is 0 Å². The van der Waals surface area contributed by atoms with E-state index >= 15 is 0 Å². The highest BCUT2D eigenvalue weighted by molar-refractivity contribution is 7.89. The van der Waals surface area contributed by atoms with E-state index in [1.165, 1.54) is 18.3 Å². The number of anilines is 1. The Balaban J connectivity index is 2.19. The minimum Gasteiger partial charge on any atom is -0.384 e. The molecule has 20 heavy (non-hydrogen) atoms. The second-order valence-corrected chi connectivity index (χ2v) is 6.28. The van der Waals surface area contributed by atoms with Gasteiger partial charge < -0.3 is 5.73 Å². The number of aromatic nitrogens is 3. The summed E-state index contributed by atoms with van der Waals surface area (Å²) in [6.07, 6.45) is 1.24. The zero-order valence-corrected chi connectivity index (χ0v) is 12.4. The van der Waals surface area contributed by atoms with Crippen LogP contribution in [0.1, 0.15) is 17.0 Å². The van der Waals surface area contributed by atoms with Gasteiger partial charge in [0.1, 0.15) is 10.7 Å². The van der Waals surface area contributed by atoms with Crippen molar-refractivity contribution in [1.82, 2.24) is 19.5 Å². The van der Waals surface area contributed by atoms with Crippen LogP contribution in [0.3, 0.4) is 0 Å². The van der Waals surface area contributed by atoms with Crippen LogP contribution < -0.4 is 10.5 Å². The Bertz CT molecular complexity index is 719. The van der Waals surface area contributed by atoms with E-state index < -0.39 is 10.0 Å². The van der Waals surface area contributed by atoms with E-state index in [-0.39, 0.29) is 17.3 Å². The van der Waals surface area contributed by atoms with Gasteiger partial charge in [0.25, 0.3) is 0 Å². The molecular weight excluding hydrogens is 278 g/mol. The maximum absolute atomic E-state index is 12.1. The van der Waals surface area contributed by atoms with Crippen LogP contribution >= 0.6 is 0 Å². The van der Waals surface area contributed by atoms with Crippen LogP contribution in [-0.2, 0) is 23.6 Å².